The first kappa shape index (κ1) is 13.4. The number of hydrogen-bond donors (Lipinski definition) is 2. The smallest absolute Gasteiger partial charge is 0.268 e. The first-order valence-corrected chi connectivity index (χ1v) is 5.91. The number of aromatic nitrogens is 1. The number of nitrogens with zero attached hydrogens (tertiary/aromatic N) is 1. The molecule has 1 heterocycles. The third-order valence-electron chi connectivity index (χ3n) is 2.39. The minimum Gasteiger partial charge on any atom is -0.397 e. The van der Waals surface area contributed by atoms with Crippen LogP contribution in [0.1, 0.15) is 37.7 Å². The van der Waals surface area contributed by atoms with E-state index in [2.05, 4.69) is 12.2 Å². The molecule has 0 spiro atoms. The molecule has 4 heteroatoms. The summed E-state index contributed by atoms with van der Waals surface area (Å²) < 4.78 is 1.90. The Morgan fingerprint density at radius 3 is 2.82 bits per heavy atom. The number of amides is 1. The lowest BCUT2D eigenvalue weighted by Crippen LogP contribution is -2.26. The second-order valence-corrected chi connectivity index (χ2v) is 4.34. The van der Waals surface area contributed by atoms with Crippen molar-refractivity contribution in [1.82, 2.24) is 9.88 Å². The van der Waals surface area contributed by atoms with Gasteiger partial charge in [-0.15, -0.1) is 0 Å². The number of allylic oxidation sites excluding steroid dienone is 1. The molecule has 0 bridgehead atoms. The molecule has 0 saturated heterocycles. The second kappa shape index (κ2) is 6.13. The summed E-state index contributed by atoms with van der Waals surface area (Å²) in [6.07, 6.45) is 4.76. The van der Waals surface area contributed by atoms with Crippen molar-refractivity contribution in [2.45, 2.75) is 33.7 Å². The van der Waals surface area contributed by atoms with Gasteiger partial charge in [0, 0.05) is 19.3 Å². The fourth-order valence-corrected chi connectivity index (χ4v) is 1.59. The minimum absolute atomic E-state index is 0.0762. The molecule has 0 aliphatic heterocycles. The van der Waals surface area contributed by atoms with E-state index in [0.717, 1.165) is 13.0 Å². The van der Waals surface area contributed by atoms with Gasteiger partial charge in [-0.1, -0.05) is 18.6 Å². The molecule has 1 aromatic rings. The van der Waals surface area contributed by atoms with Gasteiger partial charge in [0.05, 0.1) is 5.69 Å². The summed E-state index contributed by atoms with van der Waals surface area (Å²) in [4.78, 5) is 11.9. The van der Waals surface area contributed by atoms with Gasteiger partial charge in [-0.2, -0.15) is 0 Å². The van der Waals surface area contributed by atoms with E-state index in [1.807, 2.05) is 24.5 Å². The number of nitrogens with one attached hydrogen (secondary N) is 1. The summed E-state index contributed by atoms with van der Waals surface area (Å²) in [5.41, 5.74) is 8.16. The van der Waals surface area contributed by atoms with Crippen molar-refractivity contribution in [3.05, 3.63) is 29.6 Å². The molecule has 1 rings (SSSR count). The van der Waals surface area contributed by atoms with Crippen LogP contribution in [-0.4, -0.2) is 17.0 Å². The zero-order chi connectivity index (χ0) is 12.8. The van der Waals surface area contributed by atoms with E-state index in [1.165, 1.54) is 5.57 Å². The molecule has 3 N–H and O–H groups in total. The van der Waals surface area contributed by atoms with Crippen LogP contribution in [-0.2, 0) is 6.54 Å². The zero-order valence-corrected chi connectivity index (χ0v) is 10.8. The van der Waals surface area contributed by atoms with Crippen molar-refractivity contribution in [2.75, 3.05) is 12.3 Å². The maximum absolute atomic E-state index is 11.9. The Morgan fingerprint density at radius 2 is 2.24 bits per heavy atom. The monoisotopic (exact) mass is 235 g/mol. The van der Waals surface area contributed by atoms with Crippen LogP contribution in [0.5, 0.6) is 0 Å². The molecule has 0 unspecified atom stereocenters. The van der Waals surface area contributed by atoms with Gasteiger partial charge < -0.3 is 15.6 Å². The Labute approximate surface area is 102 Å². The van der Waals surface area contributed by atoms with Crippen molar-refractivity contribution in [2.24, 2.45) is 0 Å². The Kier molecular flexibility index (Phi) is 4.82. The zero-order valence-electron chi connectivity index (χ0n) is 10.8. The highest BCUT2D eigenvalue weighted by atomic mass is 16.1. The summed E-state index contributed by atoms with van der Waals surface area (Å²) in [5, 5.41) is 2.85. The number of rotatable bonds is 5. The molecule has 0 aromatic carbocycles. The van der Waals surface area contributed by atoms with Crippen LogP contribution in [0.3, 0.4) is 0 Å². The molecule has 17 heavy (non-hydrogen) atoms. The van der Waals surface area contributed by atoms with Gasteiger partial charge >= 0.3 is 0 Å². The van der Waals surface area contributed by atoms with Gasteiger partial charge in [0.25, 0.3) is 5.91 Å². The van der Waals surface area contributed by atoms with Gasteiger partial charge in [-0.25, -0.2) is 0 Å². The predicted molar refractivity (Wildman–Crippen MR) is 70.9 cm³/mol. The van der Waals surface area contributed by atoms with Crippen molar-refractivity contribution >= 4 is 11.6 Å². The van der Waals surface area contributed by atoms with E-state index in [-0.39, 0.29) is 5.91 Å². The average molecular weight is 235 g/mol. The van der Waals surface area contributed by atoms with E-state index < -0.39 is 0 Å². The summed E-state index contributed by atoms with van der Waals surface area (Å²) >= 11 is 0. The minimum atomic E-state index is -0.0762. The molecule has 0 radical (unpaired) electrons. The number of carbonyl (C=O) groups is 1. The van der Waals surface area contributed by atoms with Crippen molar-refractivity contribution in [1.29, 1.82) is 0 Å². The molecule has 0 atom stereocenters. The Hall–Kier alpha value is -1.71. The van der Waals surface area contributed by atoms with Crippen LogP contribution < -0.4 is 11.1 Å². The second-order valence-electron chi connectivity index (χ2n) is 4.34. The maximum atomic E-state index is 11.9. The summed E-state index contributed by atoms with van der Waals surface area (Å²) in [7, 11) is 0. The fourth-order valence-electron chi connectivity index (χ4n) is 1.59. The summed E-state index contributed by atoms with van der Waals surface area (Å²) in [6, 6.07) is 1.72. The third kappa shape index (κ3) is 3.98. The van der Waals surface area contributed by atoms with Gasteiger partial charge in [0.15, 0.2) is 0 Å². The topological polar surface area (TPSA) is 60.0 Å². The molecule has 0 fully saturated rings. The quantitative estimate of drug-likeness (QED) is 0.768. The molecule has 1 amide bonds. The standard InChI is InChI=1S/C13H21N3O/c1-4-7-16-9-11(14)8-12(16)13(17)15-6-5-10(2)3/h5,8-9H,4,6-7,14H2,1-3H3,(H,15,17). The molecule has 0 aliphatic rings. The highest BCUT2D eigenvalue weighted by molar-refractivity contribution is 5.93. The molecule has 0 aliphatic carbocycles. The van der Waals surface area contributed by atoms with Crippen molar-refractivity contribution in [3.8, 4) is 0 Å². The lowest BCUT2D eigenvalue weighted by molar-refractivity contribution is 0.0948. The van der Waals surface area contributed by atoms with E-state index in [1.54, 1.807) is 12.3 Å². The number of hydrogen-bond acceptors (Lipinski definition) is 2. The molecule has 4 nitrogen and oxygen atoms in total. The van der Waals surface area contributed by atoms with Crippen LogP contribution in [0.25, 0.3) is 0 Å². The van der Waals surface area contributed by atoms with E-state index in [9.17, 15) is 4.79 Å². The van der Waals surface area contributed by atoms with E-state index >= 15 is 0 Å². The van der Waals surface area contributed by atoms with E-state index in [0.29, 0.717) is 17.9 Å². The normalized spacial score (nSPS) is 10.1. The molecule has 1 aromatic heterocycles. The van der Waals surface area contributed by atoms with Crippen LogP contribution >= 0.6 is 0 Å². The van der Waals surface area contributed by atoms with Crippen LogP contribution in [0, 0.1) is 0 Å². The third-order valence-corrected chi connectivity index (χ3v) is 2.39. The Balaban J connectivity index is 2.70. The fraction of sp³-hybridized carbons (Fsp3) is 0.462. The van der Waals surface area contributed by atoms with Crippen molar-refractivity contribution < 1.29 is 4.79 Å². The van der Waals surface area contributed by atoms with Gasteiger partial charge in [0.1, 0.15) is 5.69 Å². The Morgan fingerprint density at radius 1 is 1.53 bits per heavy atom. The highest BCUT2D eigenvalue weighted by Crippen LogP contribution is 2.11. The maximum Gasteiger partial charge on any atom is 0.268 e. The summed E-state index contributed by atoms with van der Waals surface area (Å²) in [6.45, 7) is 7.44. The van der Waals surface area contributed by atoms with Gasteiger partial charge in [-0.3, -0.25) is 4.79 Å². The van der Waals surface area contributed by atoms with Gasteiger partial charge in [-0.05, 0) is 26.3 Å². The predicted octanol–water partition coefficient (Wildman–Crippen LogP) is 2.18. The number of aryl methyl sites for hydroxylation is 1. The molecular formula is C13H21N3O. The van der Waals surface area contributed by atoms with E-state index in [4.69, 9.17) is 5.73 Å². The largest absolute Gasteiger partial charge is 0.397 e. The van der Waals surface area contributed by atoms with Crippen LogP contribution in [0.4, 0.5) is 5.69 Å². The Bertz CT molecular complexity index is 414. The number of anilines is 1. The summed E-state index contributed by atoms with van der Waals surface area (Å²) in [5.74, 6) is -0.0762. The lowest BCUT2D eigenvalue weighted by atomic mass is 10.3. The number of nitrogen functional groups attached to an aromatic ring is 1. The average Bonchev–Trinajstić information content (AvgIpc) is 2.59. The van der Waals surface area contributed by atoms with Crippen molar-refractivity contribution in [3.63, 3.8) is 0 Å². The first-order valence-electron chi connectivity index (χ1n) is 5.91. The molecular weight excluding hydrogens is 214 g/mol. The van der Waals surface area contributed by atoms with Gasteiger partial charge in [0.2, 0.25) is 0 Å². The SMILES string of the molecule is CCCn1cc(N)cc1C(=O)NCC=C(C)C. The number of carbonyl (C=O) groups excluding carboxylic acids is 1. The first-order chi connectivity index (χ1) is 8.04. The molecule has 94 valence electrons. The van der Waals surface area contributed by atoms with Crippen LogP contribution in [0.15, 0.2) is 23.9 Å². The van der Waals surface area contributed by atoms with Crippen LogP contribution in [0.2, 0.25) is 0 Å². The number of nitrogens with two attached hydrogens (primary N) is 1. The lowest BCUT2D eigenvalue weighted by Gasteiger charge is -2.07. The highest BCUT2D eigenvalue weighted by Gasteiger charge is 2.11. The molecule has 0 saturated carbocycles.